The average Bonchev–Trinajstić information content (AvgIpc) is 3.96. The van der Waals surface area contributed by atoms with Gasteiger partial charge in [-0.15, -0.1) is 11.3 Å². The lowest BCUT2D eigenvalue weighted by molar-refractivity contribution is -0.164. The molecule has 4 N–H and O–H groups in total. The number of halogens is 1. The van der Waals surface area contributed by atoms with E-state index in [0.717, 1.165) is 79.6 Å². The first kappa shape index (κ1) is 53.2. The van der Waals surface area contributed by atoms with Crippen LogP contribution in [0.15, 0.2) is 66.3 Å². The van der Waals surface area contributed by atoms with Crippen LogP contribution in [0.1, 0.15) is 108 Å². The van der Waals surface area contributed by atoms with Crippen LogP contribution in [-0.2, 0) is 14.4 Å². The second kappa shape index (κ2) is 20.5. The third kappa shape index (κ3) is 10.6. The molecule has 9 rings (SSSR count). The number of ether oxygens (including phenoxy) is 1. The maximum Gasteiger partial charge on any atom is 0.253 e. The van der Waals surface area contributed by atoms with Gasteiger partial charge in [-0.05, 0) is 72.9 Å². The molecule has 394 valence electrons. The number of hydrogen-bond acceptors (Lipinski definition) is 13. The average molecular weight is 1050 g/mol. The molecule has 0 unspecified atom stereocenters. The van der Waals surface area contributed by atoms with Crippen LogP contribution in [0.3, 0.4) is 0 Å². The van der Waals surface area contributed by atoms with Gasteiger partial charge in [-0.3, -0.25) is 29.0 Å². The topological polar surface area (TPSA) is 196 Å². The molecule has 1 spiro atoms. The van der Waals surface area contributed by atoms with Crippen LogP contribution >= 0.6 is 22.9 Å². The lowest BCUT2D eigenvalue weighted by atomic mass is 9.49. The fourth-order valence-corrected chi connectivity index (χ4v) is 13.8. The number of hydrogen-bond donors (Lipinski definition) is 4. The molecule has 4 atom stereocenters. The summed E-state index contributed by atoms with van der Waals surface area (Å²) in [6, 6.07) is 17.2. The Bertz CT molecular complexity index is 2770. The molecule has 2 aliphatic carbocycles. The van der Waals surface area contributed by atoms with Gasteiger partial charge in [0.05, 0.1) is 50.9 Å². The highest BCUT2D eigenvalue weighted by Crippen LogP contribution is 2.56. The summed E-state index contributed by atoms with van der Waals surface area (Å²) < 4.78 is 6.39. The Kier molecular flexibility index (Phi) is 14.7. The predicted molar refractivity (Wildman–Crippen MR) is 286 cm³/mol. The van der Waals surface area contributed by atoms with Crippen molar-refractivity contribution in [2.45, 2.75) is 124 Å². The van der Waals surface area contributed by atoms with Crippen LogP contribution in [0.5, 0.6) is 5.75 Å². The monoisotopic (exact) mass is 1050 g/mol. The van der Waals surface area contributed by atoms with Crippen molar-refractivity contribution in [3.8, 4) is 22.3 Å². The van der Waals surface area contributed by atoms with Gasteiger partial charge in [-0.25, -0.2) is 9.97 Å². The highest BCUT2D eigenvalue weighted by Gasteiger charge is 2.64. The number of nitriles is 1. The van der Waals surface area contributed by atoms with Gasteiger partial charge in [0, 0.05) is 87.4 Å². The zero-order valence-corrected chi connectivity index (χ0v) is 45.6. The molecule has 4 amide bonds. The van der Waals surface area contributed by atoms with E-state index in [4.69, 9.17) is 21.3 Å². The molecule has 5 heterocycles. The van der Waals surface area contributed by atoms with Crippen LogP contribution in [0.25, 0.3) is 10.4 Å². The molecule has 2 aromatic heterocycles. The molecule has 2 aromatic carbocycles. The number of benzene rings is 2. The molecule has 0 bridgehead atoms. The van der Waals surface area contributed by atoms with Crippen LogP contribution < -0.4 is 25.6 Å². The van der Waals surface area contributed by atoms with E-state index in [2.05, 4.69) is 69.4 Å². The summed E-state index contributed by atoms with van der Waals surface area (Å²) in [5.74, 6) is 0.318. The molecule has 0 radical (unpaired) electrons. The highest BCUT2D eigenvalue weighted by atomic mass is 35.5. The summed E-state index contributed by atoms with van der Waals surface area (Å²) in [5, 5.41) is 29.7. The number of anilines is 1. The number of aromatic nitrogens is 2. The van der Waals surface area contributed by atoms with Gasteiger partial charge in [0.1, 0.15) is 35.8 Å². The number of carbonyl (C=O) groups excluding carboxylic acids is 4. The Balaban J connectivity index is 0.701. The maximum atomic E-state index is 14.3. The molecule has 5 aliphatic rings. The minimum absolute atomic E-state index is 0.0178. The third-order valence-electron chi connectivity index (χ3n) is 16.5. The summed E-state index contributed by atoms with van der Waals surface area (Å²) >= 11 is 7.86. The van der Waals surface area contributed by atoms with Gasteiger partial charge >= 0.3 is 0 Å². The van der Waals surface area contributed by atoms with Crippen molar-refractivity contribution in [3.63, 3.8) is 0 Å². The quantitative estimate of drug-likeness (QED) is 0.106. The molecular weight excluding hydrogens is 976 g/mol. The molecule has 16 nitrogen and oxygen atoms in total. The number of nitrogens with zero attached hydrogens (tertiary/aromatic N) is 7. The molecule has 74 heavy (non-hydrogen) atoms. The van der Waals surface area contributed by atoms with E-state index in [0.29, 0.717) is 27.9 Å². The Labute approximate surface area is 444 Å². The highest BCUT2D eigenvalue weighted by molar-refractivity contribution is 7.13. The van der Waals surface area contributed by atoms with Crippen LogP contribution in [-0.4, -0.2) is 142 Å². The fraction of sp³-hybridized carbons (Fsp3) is 0.554. The number of amides is 4. The largest absolute Gasteiger partial charge is 0.489 e. The zero-order valence-electron chi connectivity index (χ0n) is 44.1. The Morgan fingerprint density at radius 1 is 0.959 bits per heavy atom. The van der Waals surface area contributed by atoms with E-state index in [-0.39, 0.29) is 77.6 Å². The lowest BCUT2D eigenvalue weighted by Gasteiger charge is -2.63. The van der Waals surface area contributed by atoms with E-state index in [1.807, 2.05) is 76.5 Å². The van der Waals surface area contributed by atoms with Gasteiger partial charge in [0.15, 0.2) is 0 Å². The second-order valence-electron chi connectivity index (χ2n) is 23.8. The van der Waals surface area contributed by atoms with Gasteiger partial charge in [-0.2, -0.15) is 5.26 Å². The summed E-state index contributed by atoms with van der Waals surface area (Å²) in [4.78, 5) is 73.9. The number of carbonyl (C=O) groups is 4. The number of aryl methyl sites for hydroxylation is 1. The Morgan fingerprint density at radius 3 is 2.24 bits per heavy atom. The molecule has 3 aliphatic heterocycles. The first-order valence-corrected chi connectivity index (χ1v) is 27.2. The first-order chi connectivity index (χ1) is 35.0. The minimum Gasteiger partial charge on any atom is -0.489 e. The number of piperazine rings is 1. The van der Waals surface area contributed by atoms with Crippen LogP contribution in [0.2, 0.25) is 5.02 Å². The number of aliphatic hydroxyl groups is 1. The number of thiazole rings is 1. The Hall–Kier alpha value is -5.64. The number of aliphatic hydroxyl groups excluding tert-OH is 1. The maximum absolute atomic E-state index is 14.3. The lowest BCUT2D eigenvalue weighted by Crippen LogP contribution is -2.74. The van der Waals surface area contributed by atoms with Crippen molar-refractivity contribution in [1.82, 2.24) is 40.6 Å². The SMILES string of the molecule is Cc1ncsc1-c1ccc([C@H](C)NC(=O)[C@@H]2C[C@@H](O)CN2C(=O)[C@@H](NC(=O)CN2CC3(CC(N4CCN(c5ccc(C(=O)NC6C(C)(C)C(Oc7ccc(C#N)c(Cl)c7)C6(C)C)cn5)CC4)C3)C2)C(C)(C)C)cc1. The Morgan fingerprint density at radius 2 is 1.65 bits per heavy atom. The number of pyridine rings is 1. The summed E-state index contributed by atoms with van der Waals surface area (Å²) in [6.45, 7) is 23.3. The third-order valence-corrected chi connectivity index (χ3v) is 17.8. The smallest absolute Gasteiger partial charge is 0.253 e. The van der Waals surface area contributed by atoms with Crippen LogP contribution in [0.4, 0.5) is 5.82 Å². The molecule has 5 fully saturated rings. The van der Waals surface area contributed by atoms with Crippen molar-refractivity contribution >= 4 is 52.4 Å². The molecule has 2 saturated carbocycles. The molecule has 18 heteroatoms. The predicted octanol–water partition coefficient (Wildman–Crippen LogP) is 6.61. The normalized spacial score (nSPS) is 24.1. The molecule has 3 saturated heterocycles. The van der Waals surface area contributed by atoms with Crippen molar-refractivity contribution in [2.75, 3.05) is 57.3 Å². The van der Waals surface area contributed by atoms with E-state index >= 15 is 0 Å². The van der Waals surface area contributed by atoms with Gasteiger partial charge in [-0.1, -0.05) is 84.3 Å². The van der Waals surface area contributed by atoms with Gasteiger partial charge in [0.25, 0.3) is 5.91 Å². The van der Waals surface area contributed by atoms with E-state index < -0.39 is 23.6 Å². The van der Waals surface area contributed by atoms with Crippen molar-refractivity contribution in [2.24, 2.45) is 21.7 Å². The number of rotatable bonds is 14. The van der Waals surface area contributed by atoms with Gasteiger partial charge in [0.2, 0.25) is 17.7 Å². The number of nitrogens with one attached hydrogen (secondary N) is 3. The number of likely N-dealkylation sites (tertiary alicyclic amines) is 2. The first-order valence-electron chi connectivity index (χ1n) is 25.9. The van der Waals surface area contributed by atoms with E-state index in [9.17, 15) is 29.5 Å². The van der Waals surface area contributed by atoms with E-state index in [1.54, 1.807) is 35.7 Å². The second-order valence-corrected chi connectivity index (χ2v) is 25.1. The minimum atomic E-state index is -0.887. The van der Waals surface area contributed by atoms with Crippen molar-refractivity contribution in [1.29, 1.82) is 5.26 Å². The van der Waals surface area contributed by atoms with Crippen molar-refractivity contribution < 1.29 is 29.0 Å². The number of β-amino-alcohol motifs (C(OH)–C–C–N with tert-alkyl or cyclic N) is 1. The standard InChI is InChI=1S/C56H71ClN10O6S/c1-33(35-10-12-36(13-11-35)46-34(2)60-32-74-46)61-49(71)43-22-40(68)28-67(43)50(72)47(53(3,4)5)62-45(69)29-64-30-56(31-64)24-39(25-56)65-18-20-66(21-19-65)44-17-15-38(27-59-44)48(70)63-51-54(6,7)52(55(51,8)9)73-41-16-14-37(26-58)42(57)23-41/h10-17,23,27,32-33,39-40,43,47,51-52,68H,18-22,24-25,28-31H2,1-9H3,(H,61,71)(H,62,69)(H,63,70)/t33-,40+,43-,47+,51?,52?/m0/s1. The summed E-state index contributed by atoms with van der Waals surface area (Å²) in [7, 11) is 0. The van der Waals surface area contributed by atoms with Gasteiger partial charge < -0.3 is 35.6 Å². The summed E-state index contributed by atoms with van der Waals surface area (Å²) in [5.41, 5.74) is 4.45. The molecular formula is C56H71ClN10O6S. The van der Waals surface area contributed by atoms with Crippen molar-refractivity contribution in [3.05, 3.63) is 93.7 Å². The fourth-order valence-electron chi connectivity index (χ4n) is 12.7. The summed E-state index contributed by atoms with van der Waals surface area (Å²) in [6.07, 6.45) is 2.89. The zero-order chi connectivity index (χ0) is 53.1. The molecule has 4 aromatic rings. The van der Waals surface area contributed by atoms with E-state index in [1.165, 1.54) is 4.90 Å². The van der Waals surface area contributed by atoms with Crippen LogP contribution in [0, 0.1) is 39.9 Å².